The van der Waals surface area contributed by atoms with E-state index in [0.717, 1.165) is 23.3 Å². The number of carbonyl (C=O) groups excluding carboxylic acids is 1. The Kier molecular flexibility index (Phi) is 4.46. The largest absolute Gasteiger partial charge is 0.493 e. The lowest BCUT2D eigenvalue weighted by molar-refractivity contribution is -0.122. The van der Waals surface area contributed by atoms with Crippen LogP contribution in [-0.2, 0) is 17.6 Å². The van der Waals surface area contributed by atoms with Gasteiger partial charge in [-0.3, -0.25) is 9.59 Å². The van der Waals surface area contributed by atoms with Gasteiger partial charge in [0.2, 0.25) is 5.91 Å². The van der Waals surface area contributed by atoms with Crippen LogP contribution < -0.4 is 15.6 Å². The molecule has 0 spiro atoms. The van der Waals surface area contributed by atoms with Gasteiger partial charge in [0.1, 0.15) is 5.75 Å². The summed E-state index contributed by atoms with van der Waals surface area (Å²) in [5.74, 6) is 0.850. The Morgan fingerprint density at radius 3 is 3.04 bits per heavy atom. The van der Waals surface area contributed by atoms with Crippen LogP contribution in [0.3, 0.4) is 0 Å². The van der Waals surface area contributed by atoms with E-state index in [1.54, 1.807) is 0 Å². The van der Waals surface area contributed by atoms with Crippen LogP contribution in [0, 0.1) is 5.92 Å². The molecule has 1 atom stereocenters. The summed E-state index contributed by atoms with van der Waals surface area (Å²) in [5.41, 5.74) is 2.19. The van der Waals surface area contributed by atoms with Gasteiger partial charge in [0.25, 0.3) is 5.56 Å². The predicted molar refractivity (Wildman–Crippen MR) is 93.8 cm³/mol. The molecule has 1 amide bonds. The molecule has 2 aliphatic rings. The molecule has 1 saturated carbocycles. The third-order valence-electron chi connectivity index (χ3n) is 5.15. The molecule has 136 valence electrons. The second-order valence-electron chi connectivity index (χ2n) is 6.98. The van der Waals surface area contributed by atoms with E-state index in [-0.39, 0.29) is 36.0 Å². The second-order valence-corrected chi connectivity index (χ2v) is 6.98. The highest BCUT2D eigenvalue weighted by Gasteiger charge is 2.36. The summed E-state index contributed by atoms with van der Waals surface area (Å²) < 4.78 is 5.55. The number of ether oxygens (including phenoxy) is 1. The number of nitrogens with one attached hydrogen (secondary N) is 2. The molecule has 1 aromatic carbocycles. The summed E-state index contributed by atoms with van der Waals surface area (Å²) in [6.07, 6.45) is 4.56. The Bertz CT molecular complexity index is 873. The van der Waals surface area contributed by atoms with E-state index in [1.165, 1.54) is 12.5 Å². The van der Waals surface area contributed by atoms with E-state index in [1.807, 2.05) is 12.1 Å². The van der Waals surface area contributed by atoms with Crippen LogP contribution in [0.25, 0.3) is 0 Å². The number of rotatable bonds is 5. The van der Waals surface area contributed by atoms with Crippen LogP contribution in [0.4, 0.5) is 0 Å². The molecule has 7 heteroatoms. The van der Waals surface area contributed by atoms with E-state index in [0.29, 0.717) is 25.0 Å². The van der Waals surface area contributed by atoms with E-state index in [9.17, 15) is 14.7 Å². The fourth-order valence-electron chi connectivity index (χ4n) is 3.67. The lowest BCUT2D eigenvalue weighted by Crippen LogP contribution is -2.42. The van der Waals surface area contributed by atoms with E-state index < -0.39 is 0 Å². The number of H-pyrrole nitrogens is 1. The van der Waals surface area contributed by atoms with E-state index in [2.05, 4.69) is 21.4 Å². The standard InChI is InChI=1S/C19H21N3O4/c23-15-6-13(7-15)18(12-1-2-16-11(5-12)3-4-26-16)22-17(24)8-14-9-20-10-21-19(14)25/h1-2,5,9-10,13,15,18,23H,3-4,6-8H2,(H,22,24)(H,20,21,25)/t13?,15?,18-/m1/s1. The first-order chi connectivity index (χ1) is 12.6. The average molecular weight is 355 g/mol. The molecule has 1 fully saturated rings. The number of aromatic nitrogens is 2. The number of fused-ring (bicyclic) bond motifs is 1. The fourth-order valence-corrected chi connectivity index (χ4v) is 3.67. The van der Waals surface area contributed by atoms with Crippen LogP contribution in [0.1, 0.15) is 35.6 Å². The number of aromatic amines is 1. The number of benzene rings is 1. The number of aliphatic hydroxyl groups excluding tert-OH is 1. The monoisotopic (exact) mass is 355 g/mol. The molecule has 26 heavy (non-hydrogen) atoms. The fraction of sp³-hybridized carbons (Fsp3) is 0.421. The van der Waals surface area contributed by atoms with Crippen molar-refractivity contribution in [1.29, 1.82) is 0 Å². The van der Waals surface area contributed by atoms with Crippen LogP contribution in [0.15, 0.2) is 35.5 Å². The maximum Gasteiger partial charge on any atom is 0.254 e. The summed E-state index contributed by atoms with van der Waals surface area (Å²) in [6.45, 7) is 0.682. The number of carbonyl (C=O) groups is 1. The van der Waals surface area contributed by atoms with Crippen LogP contribution in [0.5, 0.6) is 5.75 Å². The van der Waals surface area contributed by atoms with Gasteiger partial charge in [-0.1, -0.05) is 6.07 Å². The van der Waals surface area contributed by atoms with Crippen molar-refractivity contribution in [3.8, 4) is 5.75 Å². The molecule has 1 aliphatic heterocycles. The average Bonchev–Trinajstić information content (AvgIpc) is 3.07. The first-order valence-corrected chi connectivity index (χ1v) is 8.85. The quantitative estimate of drug-likeness (QED) is 0.738. The zero-order chi connectivity index (χ0) is 18.1. The Morgan fingerprint density at radius 2 is 2.27 bits per heavy atom. The van der Waals surface area contributed by atoms with Crippen molar-refractivity contribution in [2.45, 2.75) is 37.8 Å². The van der Waals surface area contributed by atoms with Gasteiger partial charge in [0.15, 0.2) is 0 Å². The number of aliphatic hydroxyl groups is 1. The molecular formula is C19H21N3O4. The van der Waals surface area contributed by atoms with Crippen molar-refractivity contribution in [3.63, 3.8) is 0 Å². The molecule has 0 saturated heterocycles. The Hall–Kier alpha value is -2.67. The lowest BCUT2D eigenvalue weighted by atomic mass is 9.74. The van der Waals surface area contributed by atoms with E-state index >= 15 is 0 Å². The maximum absolute atomic E-state index is 12.5. The van der Waals surface area contributed by atoms with Crippen molar-refractivity contribution in [2.24, 2.45) is 5.92 Å². The molecule has 7 nitrogen and oxygen atoms in total. The van der Waals surface area contributed by atoms with Crippen LogP contribution in [0.2, 0.25) is 0 Å². The number of hydrogen-bond donors (Lipinski definition) is 3. The van der Waals surface area contributed by atoms with Crippen molar-refractivity contribution in [1.82, 2.24) is 15.3 Å². The van der Waals surface area contributed by atoms with Gasteiger partial charge in [-0.15, -0.1) is 0 Å². The summed E-state index contributed by atoms with van der Waals surface area (Å²) in [6, 6.07) is 5.80. The van der Waals surface area contributed by atoms with Crippen molar-refractivity contribution in [2.75, 3.05) is 6.61 Å². The molecule has 1 aromatic heterocycles. The summed E-state index contributed by atoms with van der Waals surface area (Å²) >= 11 is 0. The highest BCUT2D eigenvalue weighted by atomic mass is 16.5. The van der Waals surface area contributed by atoms with Gasteiger partial charge >= 0.3 is 0 Å². The normalized spacial score (nSPS) is 22.0. The molecule has 2 heterocycles. The molecule has 0 bridgehead atoms. The molecule has 0 radical (unpaired) electrons. The zero-order valence-electron chi connectivity index (χ0n) is 14.3. The van der Waals surface area contributed by atoms with Crippen molar-refractivity contribution >= 4 is 5.91 Å². The van der Waals surface area contributed by atoms with Crippen LogP contribution >= 0.6 is 0 Å². The first kappa shape index (κ1) is 16.8. The van der Waals surface area contributed by atoms with Crippen LogP contribution in [-0.4, -0.2) is 33.7 Å². The minimum atomic E-state index is -0.307. The predicted octanol–water partition coefficient (Wildman–Crippen LogP) is 0.876. The highest BCUT2D eigenvalue weighted by molar-refractivity contribution is 5.79. The smallest absolute Gasteiger partial charge is 0.254 e. The molecule has 3 N–H and O–H groups in total. The molecule has 4 rings (SSSR count). The minimum absolute atomic E-state index is 0.0248. The lowest BCUT2D eigenvalue weighted by Gasteiger charge is -2.38. The molecule has 0 unspecified atom stereocenters. The SMILES string of the molecule is O=C(Cc1cnc[nH]c1=O)N[C@H](c1ccc2c(c1)CCO2)C1CC(O)C1. The van der Waals surface area contributed by atoms with Crippen molar-refractivity contribution < 1.29 is 14.6 Å². The third kappa shape index (κ3) is 3.35. The second kappa shape index (κ2) is 6.92. The first-order valence-electron chi connectivity index (χ1n) is 8.85. The van der Waals surface area contributed by atoms with Gasteiger partial charge in [-0.2, -0.15) is 0 Å². The summed E-state index contributed by atoms with van der Waals surface area (Å²) in [4.78, 5) is 30.6. The third-order valence-corrected chi connectivity index (χ3v) is 5.15. The zero-order valence-corrected chi connectivity index (χ0v) is 14.3. The number of hydrogen-bond acceptors (Lipinski definition) is 5. The highest BCUT2D eigenvalue weighted by Crippen LogP contribution is 2.39. The van der Waals surface area contributed by atoms with Gasteiger partial charge in [-0.25, -0.2) is 4.98 Å². The number of amides is 1. The van der Waals surface area contributed by atoms with E-state index in [4.69, 9.17) is 4.74 Å². The number of nitrogens with zero attached hydrogens (tertiary/aromatic N) is 1. The maximum atomic E-state index is 12.5. The van der Waals surface area contributed by atoms with Gasteiger partial charge in [0, 0.05) is 18.2 Å². The Labute approximate surface area is 150 Å². The topological polar surface area (TPSA) is 104 Å². The Balaban J connectivity index is 1.53. The Morgan fingerprint density at radius 1 is 1.42 bits per heavy atom. The van der Waals surface area contributed by atoms with Gasteiger partial charge in [0.05, 0.1) is 31.5 Å². The van der Waals surface area contributed by atoms with Gasteiger partial charge in [-0.05, 0) is 42.0 Å². The van der Waals surface area contributed by atoms with Crippen molar-refractivity contribution in [3.05, 3.63) is 57.8 Å². The molecule has 2 aromatic rings. The summed E-state index contributed by atoms with van der Waals surface area (Å²) in [7, 11) is 0. The summed E-state index contributed by atoms with van der Waals surface area (Å²) in [5, 5.41) is 12.7. The molecular weight excluding hydrogens is 334 g/mol. The van der Waals surface area contributed by atoms with Gasteiger partial charge < -0.3 is 20.1 Å². The molecule has 1 aliphatic carbocycles. The minimum Gasteiger partial charge on any atom is -0.493 e.